The summed E-state index contributed by atoms with van der Waals surface area (Å²) in [7, 11) is 2.15. The highest BCUT2D eigenvalue weighted by Gasteiger charge is 2.20. The molecule has 0 saturated carbocycles. The van der Waals surface area contributed by atoms with Crippen molar-refractivity contribution < 1.29 is 4.74 Å². The van der Waals surface area contributed by atoms with Crippen LogP contribution in [0.25, 0.3) is 0 Å². The van der Waals surface area contributed by atoms with Crippen LogP contribution in [0.4, 0.5) is 5.69 Å². The molecular formula is C12H17NO. The van der Waals surface area contributed by atoms with E-state index < -0.39 is 0 Å². The standard InChI is InChI=1S/C12H17NO/c1-10-5-3-4-6-12(10)13(2)11-7-8-14-9-11/h3-6,11H,7-9H2,1-2H3. The van der Waals surface area contributed by atoms with E-state index in [9.17, 15) is 0 Å². The summed E-state index contributed by atoms with van der Waals surface area (Å²) in [5.74, 6) is 0. The molecule has 1 aliphatic rings. The molecule has 1 fully saturated rings. The molecule has 1 saturated heterocycles. The number of hydrogen-bond acceptors (Lipinski definition) is 2. The summed E-state index contributed by atoms with van der Waals surface area (Å²) in [6, 6.07) is 9.05. The van der Waals surface area contributed by atoms with Gasteiger partial charge in [-0.3, -0.25) is 0 Å². The first kappa shape index (κ1) is 9.53. The van der Waals surface area contributed by atoms with Crippen LogP contribution >= 0.6 is 0 Å². The van der Waals surface area contributed by atoms with E-state index >= 15 is 0 Å². The van der Waals surface area contributed by atoms with Crippen molar-refractivity contribution in [2.75, 3.05) is 25.2 Å². The molecule has 1 atom stereocenters. The van der Waals surface area contributed by atoms with Gasteiger partial charge < -0.3 is 9.64 Å². The maximum absolute atomic E-state index is 5.40. The van der Waals surface area contributed by atoms with Gasteiger partial charge in [-0.1, -0.05) is 18.2 Å². The number of nitrogens with zero attached hydrogens (tertiary/aromatic N) is 1. The lowest BCUT2D eigenvalue weighted by Gasteiger charge is -2.26. The minimum absolute atomic E-state index is 0.552. The maximum atomic E-state index is 5.40. The third-order valence-electron chi connectivity index (χ3n) is 2.95. The summed E-state index contributed by atoms with van der Waals surface area (Å²) in [4.78, 5) is 2.34. The predicted octanol–water partition coefficient (Wildman–Crippen LogP) is 2.22. The molecule has 0 aromatic heterocycles. The predicted molar refractivity (Wildman–Crippen MR) is 58.8 cm³/mol. The minimum Gasteiger partial charge on any atom is -0.379 e. The van der Waals surface area contributed by atoms with Crippen molar-refractivity contribution in [3.63, 3.8) is 0 Å². The molecule has 0 N–H and O–H groups in total. The summed E-state index contributed by atoms with van der Waals surface area (Å²) in [6.45, 7) is 3.92. The first-order chi connectivity index (χ1) is 6.79. The Morgan fingerprint density at radius 1 is 1.36 bits per heavy atom. The van der Waals surface area contributed by atoms with Crippen molar-refractivity contribution in [2.24, 2.45) is 0 Å². The van der Waals surface area contributed by atoms with E-state index in [1.165, 1.54) is 11.3 Å². The second-order valence-corrected chi connectivity index (χ2v) is 3.91. The van der Waals surface area contributed by atoms with Gasteiger partial charge >= 0.3 is 0 Å². The molecule has 1 aromatic rings. The molecule has 1 aliphatic heterocycles. The van der Waals surface area contributed by atoms with Gasteiger partial charge in [0.15, 0.2) is 0 Å². The topological polar surface area (TPSA) is 12.5 Å². The lowest BCUT2D eigenvalue weighted by atomic mass is 10.1. The van der Waals surface area contributed by atoms with E-state index in [1.807, 2.05) is 0 Å². The monoisotopic (exact) mass is 191 g/mol. The summed E-state index contributed by atoms with van der Waals surface area (Å²) in [5, 5.41) is 0. The van der Waals surface area contributed by atoms with Crippen molar-refractivity contribution >= 4 is 5.69 Å². The SMILES string of the molecule is Cc1ccccc1N(C)C1CCOC1. The minimum atomic E-state index is 0.552. The largest absolute Gasteiger partial charge is 0.379 e. The van der Waals surface area contributed by atoms with E-state index in [4.69, 9.17) is 4.74 Å². The van der Waals surface area contributed by atoms with Crippen LogP contribution in [0.2, 0.25) is 0 Å². The van der Waals surface area contributed by atoms with Crippen LogP contribution in [0.1, 0.15) is 12.0 Å². The fourth-order valence-electron chi connectivity index (χ4n) is 1.98. The normalized spacial score (nSPS) is 21.1. The molecule has 14 heavy (non-hydrogen) atoms. The zero-order valence-corrected chi connectivity index (χ0v) is 8.86. The van der Waals surface area contributed by atoms with Gasteiger partial charge in [-0.25, -0.2) is 0 Å². The van der Waals surface area contributed by atoms with Crippen molar-refractivity contribution in [2.45, 2.75) is 19.4 Å². The average Bonchev–Trinajstić information content (AvgIpc) is 2.70. The Kier molecular flexibility index (Phi) is 2.73. The molecule has 2 rings (SSSR count). The first-order valence-electron chi connectivity index (χ1n) is 5.15. The molecule has 1 unspecified atom stereocenters. The highest BCUT2D eigenvalue weighted by molar-refractivity contribution is 5.53. The van der Waals surface area contributed by atoms with Crippen molar-refractivity contribution in [1.29, 1.82) is 0 Å². The Balaban J connectivity index is 2.17. The van der Waals surface area contributed by atoms with Crippen LogP contribution in [0.5, 0.6) is 0 Å². The van der Waals surface area contributed by atoms with E-state index in [2.05, 4.69) is 43.1 Å². The van der Waals surface area contributed by atoms with Crippen LogP contribution in [-0.4, -0.2) is 26.3 Å². The number of benzene rings is 1. The molecule has 76 valence electrons. The van der Waals surface area contributed by atoms with Gasteiger partial charge in [0.1, 0.15) is 0 Å². The molecular weight excluding hydrogens is 174 g/mol. The van der Waals surface area contributed by atoms with Gasteiger partial charge in [0.2, 0.25) is 0 Å². The van der Waals surface area contributed by atoms with Crippen LogP contribution < -0.4 is 4.90 Å². The van der Waals surface area contributed by atoms with Gasteiger partial charge in [0, 0.05) is 19.3 Å². The molecule has 1 aromatic carbocycles. The Morgan fingerprint density at radius 3 is 2.79 bits per heavy atom. The van der Waals surface area contributed by atoms with Crippen molar-refractivity contribution in [3.05, 3.63) is 29.8 Å². The van der Waals surface area contributed by atoms with Crippen molar-refractivity contribution in [1.82, 2.24) is 0 Å². The molecule has 0 radical (unpaired) electrons. The third-order valence-corrected chi connectivity index (χ3v) is 2.95. The molecule has 2 nitrogen and oxygen atoms in total. The van der Waals surface area contributed by atoms with E-state index in [-0.39, 0.29) is 0 Å². The fraction of sp³-hybridized carbons (Fsp3) is 0.500. The number of hydrogen-bond donors (Lipinski definition) is 0. The summed E-state index contributed by atoms with van der Waals surface area (Å²) in [5.41, 5.74) is 2.66. The molecule has 2 heteroatoms. The number of likely N-dealkylation sites (N-methyl/N-ethyl adjacent to an activating group) is 1. The second-order valence-electron chi connectivity index (χ2n) is 3.91. The average molecular weight is 191 g/mol. The summed E-state index contributed by atoms with van der Waals surface area (Å²) < 4.78 is 5.40. The smallest absolute Gasteiger partial charge is 0.0670 e. The summed E-state index contributed by atoms with van der Waals surface area (Å²) >= 11 is 0. The quantitative estimate of drug-likeness (QED) is 0.710. The van der Waals surface area contributed by atoms with Gasteiger partial charge in [-0.2, -0.15) is 0 Å². The third kappa shape index (κ3) is 1.75. The lowest BCUT2D eigenvalue weighted by molar-refractivity contribution is 0.193. The van der Waals surface area contributed by atoms with E-state index in [0.717, 1.165) is 19.6 Å². The second kappa shape index (κ2) is 4.01. The van der Waals surface area contributed by atoms with Crippen molar-refractivity contribution in [3.8, 4) is 0 Å². The molecule has 0 bridgehead atoms. The van der Waals surface area contributed by atoms with Gasteiger partial charge in [-0.15, -0.1) is 0 Å². The number of anilines is 1. The highest BCUT2D eigenvalue weighted by atomic mass is 16.5. The Morgan fingerprint density at radius 2 is 2.14 bits per heavy atom. The fourth-order valence-corrected chi connectivity index (χ4v) is 1.98. The molecule has 0 aliphatic carbocycles. The highest BCUT2D eigenvalue weighted by Crippen LogP contribution is 2.23. The van der Waals surface area contributed by atoms with Crippen LogP contribution in [0.3, 0.4) is 0 Å². The van der Waals surface area contributed by atoms with Gasteiger partial charge in [0.25, 0.3) is 0 Å². The number of rotatable bonds is 2. The maximum Gasteiger partial charge on any atom is 0.0670 e. The Hall–Kier alpha value is -1.02. The van der Waals surface area contributed by atoms with E-state index in [0.29, 0.717) is 6.04 Å². The molecule has 1 heterocycles. The van der Waals surface area contributed by atoms with Crippen LogP contribution in [-0.2, 0) is 4.74 Å². The van der Waals surface area contributed by atoms with Gasteiger partial charge in [-0.05, 0) is 25.0 Å². The Labute approximate surface area is 85.5 Å². The van der Waals surface area contributed by atoms with Gasteiger partial charge in [0.05, 0.1) is 12.6 Å². The molecule has 0 amide bonds. The number of aryl methyl sites for hydroxylation is 1. The zero-order valence-electron chi connectivity index (χ0n) is 8.86. The Bertz CT molecular complexity index is 305. The van der Waals surface area contributed by atoms with E-state index in [1.54, 1.807) is 0 Å². The first-order valence-corrected chi connectivity index (χ1v) is 5.15. The lowest BCUT2D eigenvalue weighted by Crippen LogP contribution is -2.32. The zero-order chi connectivity index (χ0) is 9.97. The summed E-state index contributed by atoms with van der Waals surface area (Å²) in [6.07, 6.45) is 1.14. The van der Waals surface area contributed by atoms with Crippen LogP contribution in [0.15, 0.2) is 24.3 Å². The molecule has 0 spiro atoms. The van der Waals surface area contributed by atoms with Crippen LogP contribution in [0, 0.1) is 6.92 Å². The number of para-hydroxylation sites is 1. The number of ether oxygens (including phenoxy) is 1.